The maximum atomic E-state index is 12.1. The van der Waals surface area contributed by atoms with E-state index in [1.54, 1.807) is 0 Å². The van der Waals surface area contributed by atoms with E-state index in [0.717, 1.165) is 22.2 Å². The molecule has 1 atom stereocenters. The summed E-state index contributed by atoms with van der Waals surface area (Å²) in [5, 5.41) is 0. The molecule has 0 radical (unpaired) electrons. The molecular formula is C13H16BrNOS. The van der Waals surface area contributed by atoms with E-state index in [1.807, 2.05) is 32.9 Å². The van der Waals surface area contributed by atoms with Gasteiger partial charge < -0.3 is 4.72 Å². The molecular weight excluding hydrogens is 298 g/mol. The number of fused-ring (bicyclic) bond motifs is 1. The molecule has 1 aliphatic carbocycles. The summed E-state index contributed by atoms with van der Waals surface area (Å²) in [6, 6.07) is 6.10. The second-order valence-electron chi connectivity index (χ2n) is 5.07. The third kappa shape index (κ3) is 2.63. The zero-order valence-electron chi connectivity index (χ0n) is 10.2. The third-order valence-electron chi connectivity index (χ3n) is 2.68. The molecule has 17 heavy (non-hydrogen) atoms. The molecule has 1 N–H and O–H groups in total. The summed E-state index contributed by atoms with van der Waals surface area (Å²) in [6.07, 6.45) is 2.99. The normalized spacial score (nSPS) is 16.4. The summed E-state index contributed by atoms with van der Waals surface area (Å²) in [6.45, 7) is 5.90. The van der Waals surface area contributed by atoms with Crippen molar-refractivity contribution in [1.29, 1.82) is 0 Å². The largest absolute Gasteiger partial charge is 0.304 e. The van der Waals surface area contributed by atoms with Crippen molar-refractivity contribution < 1.29 is 4.21 Å². The van der Waals surface area contributed by atoms with E-state index in [4.69, 9.17) is 0 Å². The third-order valence-corrected chi connectivity index (χ3v) is 4.94. The van der Waals surface area contributed by atoms with Gasteiger partial charge in [0.05, 0.1) is 10.4 Å². The lowest BCUT2D eigenvalue weighted by Gasteiger charge is -2.19. The predicted octanol–water partition coefficient (Wildman–Crippen LogP) is 3.40. The first-order valence-corrected chi connectivity index (χ1v) is 7.50. The van der Waals surface area contributed by atoms with Gasteiger partial charge in [-0.25, -0.2) is 4.21 Å². The van der Waals surface area contributed by atoms with Gasteiger partial charge in [0.15, 0.2) is 0 Å². The SMILES string of the molecule is CC(C)(C)[S@@](=O)NC1=CCc2c(Br)cccc21. The Bertz CT molecular complexity index is 503. The van der Waals surface area contributed by atoms with Crippen LogP contribution in [-0.4, -0.2) is 8.96 Å². The number of benzene rings is 1. The summed E-state index contributed by atoms with van der Waals surface area (Å²) in [4.78, 5) is 0. The van der Waals surface area contributed by atoms with Crippen molar-refractivity contribution in [3.8, 4) is 0 Å². The van der Waals surface area contributed by atoms with Crippen LogP contribution in [0.4, 0.5) is 0 Å². The molecule has 4 heteroatoms. The average molecular weight is 314 g/mol. The van der Waals surface area contributed by atoms with Gasteiger partial charge in [0, 0.05) is 10.0 Å². The number of hydrogen-bond acceptors (Lipinski definition) is 1. The van der Waals surface area contributed by atoms with Crippen LogP contribution in [-0.2, 0) is 17.4 Å². The van der Waals surface area contributed by atoms with Gasteiger partial charge >= 0.3 is 0 Å². The fourth-order valence-corrected chi connectivity index (χ4v) is 2.91. The Morgan fingerprint density at radius 1 is 1.35 bits per heavy atom. The highest BCUT2D eigenvalue weighted by atomic mass is 79.9. The Hall–Kier alpha value is -0.610. The smallest absolute Gasteiger partial charge is 0.122 e. The molecule has 0 fully saturated rings. The molecule has 2 rings (SSSR count). The van der Waals surface area contributed by atoms with Crippen molar-refractivity contribution in [3.63, 3.8) is 0 Å². The van der Waals surface area contributed by atoms with E-state index in [1.165, 1.54) is 5.56 Å². The first kappa shape index (κ1) is 12.8. The van der Waals surface area contributed by atoms with Crippen LogP contribution in [0.1, 0.15) is 31.9 Å². The molecule has 1 aromatic carbocycles. The highest BCUT2D eigenvalue weighted by Gasteiger charge is 2.23. The van der Waals surface area contributed by atoms with Crippen LogP contribution in [0.15, 0.2) is 28.7 Å². The van der Waals surface area contributed by atoms with Crippen LogP contribution < -0.4 is 4.72 Å². The van der Waals surface area contributed by atoms with E-state index in [-0.39, 0.29) is 4.75 Å². The van der Waals surface area contributed by atoms with Gasteiger partial charge in [0.25, 0.3) is 0 Å². The molecule has 1 aliphatic rings. The maximum Gasteiger partial charge on any atom is 0.122 e. The molecule has 92 valence electrons. The molecule has 2 nitrogen and oxygen atoms in total. The van der Waals surface area contributed by atoms with Crippen molar-refractivity contribution in [2.75, 3.05) is 0 Å². The number of halogens is 1. The Morgan fingerprint density at radius 3 is 2.71 bits per heavy atom. The number of allylic oxidation sites excluding steroid dienone is 1. The summed E-state index contributed by atoms with van der Waals surface area (Å²) >= 11 is 3.54. The first-order chi connectivity index (χ1) is 7.89. The van der Waals surface area contributed by atoms with E-state index >= 15 is 0 Å². The second-order valence-corrected chi connectivity index (χ2v) is 7.89. The molecule has 0 aromatic heterocycles. The summed E-state index contributed by atoms with van der Waals surface area (Å²) in [7, 11) is -1.07. The lowest BCUT2D eigenvalue weighted by molar-refractivity contribution is 0.645. The second kappa shape index (κ2) is 4.58. The zero-order chi connectivity index (χ0) is 12.6. The minimum atomic E-state index is -1.07. The highest BCUT2D eigenvalue weighted by molar-refractivity contribution is 9.10. The highest BCUT2D eigenvalue weighted by Crippen LogP contribution is 2.31. The van der Waals surface area contributed by atoms with Crippen LogP contribution >= 0.6 is 15.9 Å². The quantitative estimate of drug-likeness (QED) is 0.891. The molecule has 0 heterocycles. The average Bonchev–Trinajstić information content (AvgIpc) is 2.62. The Kier molecular flexibility index (Phi) is 3.46. The van der Waals surface area contributed by atoms with E-state index in [9.17, 15) is 4.21 Å². The monoisotopic (exact) mass is 313 g/mol. The molecule has 0 spiro atoms. The van der Waals surface area contributed by atoms with Gasteiger partial charge in [-0.2, -0.15) is 0 Å². The van der Waals surface area contributed by atoms with Gasteiger partial charge in [-0.15, -0.1) is 0 Å². The fourth-order valence-electron chi connectivity index (χ4n) is 1.68. The van der Waals surface area contributed by atoms with Crippen LogP contribution in [0, 0.1) is 0 Å². The van der Waals surface area contributed by atoms with E-state index in [2.05, 4.69) is 32.8 Å². The van der Waals surface area contributed by atoms with Crippen molar-refractivity contribution in [2.24, 2.45) is 0 Å². The first-order valence-electron chi connectivity index (χ1n) is 5.56. The van der Waals surface area contributed by atoms with Gasteiger partial charge in [0.2, 0.25) is 0 Å². The van der Waals surface area contributed by atoms with E-state index in [0.29, 0.717) is 0 Å². The van der Waals surface area contributed by atoms with Gasteiger partial charge in [-0.3, -0.25) is 0 Å². The number of hydrogen-bond donors (Lipinski definition) is 1. The van der Waals surface area contributed by atoms with Crippen molar-refractivity contribution in [3.05, 3.63) is 39.9 Å². The number of nitrogens with one attached hydrogen (secondary N) is 1. The topological polar surface area (TPSA) is 29.1 Å². The van der Waals surface area contributed by atoms with Gasteiger partial charge in [-0.1, -0.05) is 34.1 Å². The van der Waals surface area contributed by atoms with Crippen molar-refractivity contribution in [2.45, 2.75) is 31.9 Å². The Labute approximate surface area is 113 Å². The Morgan fingerprint density at radius 2 is 2.06 bits per heavy atom. The lowest BCUT2D eigenvalue weighted by Crippen LogP contribution is -2.32. The fraction of sp³-hybridized carbons (Fsp3) is 0.385. The molecule has 1 aromatic rings. The lowest BCUT2D eigenvalue weighted by atomic mass is 10.1. The summed E-state index contributed by atoms with van der Waals surface area (Å²) in [5.74, 6) is 0. The van der Waals surface area contributed by atoms with Crippen LogP contribution in [0.3, 0.4) is 0 Å². The molecule has 0 bridgehead atoms. The van der Waals surface area contributed by atoms with Crippen molar-refractivity contribution in [1.82, 2.24) is 4.72 Å². The maximum absolute atomic E-state index is 12.1. The molecule has 0 unspecified atom stereocenters. The van der Waals surface area contributed by atoms with E-state index < -0.39 is 11.0 Å². The summed E-state index contributed by atoms with van der Waals surface area (Å²) < 4.78 is 16.0. The predicted molar refractivity (Wildman–Crippen MR) is 76.9 cm³/mol. The zero-order valence-corrected chi connectivity index (χ0v) is 12.6. The standard InChI is InChI=1S/C13H16BrNOS/c1-13(2,3)17(16)15-12-8-7-9-10(12)5-4-6-11(9)14/h4-6,8,15H,7H2,1-3H3/t17-/m1/s1. The Balaban J connectivity index is 2.24. The van der Waals surface area contributed by atoms with Crippen molar-refractivity contribution >= 4 is 32.6 Å². The van der Waals surface area contributed by atoms with Crippen LogP contribution in [0.5, 0.6) is 0 Å². The summed E-state index contributed by atoms with van der Waals surface area (Å²) in [5.41, 5.74) is 3.40. The molecule has 0 saturated heterocycles. The molecule has 0 saturated carbocycles. The van der Waals surface area contributed by atoms with Gasteiger partial charge in [0.1, 0.15) is 11.0 Å². The van der Waals surface area contributed by atoms with Crippen LogP contribution in [0.25, 0.3) is 5.70 Å². The van der Waals surface area contributed by atoms with Crippen LogP contribution in [0.2, 0.25) is 0 Å². The minimum Gasteiger partial charge on any atom is -0.304 e. The number of rotatable bonds is 2. The molecule has 0 aliphatic heterocycles. The van der Waals surface area contributed by atoms with Gasteiger partial charge in [-0.05, 0) is 38.8 Å². The minimum absolute atomic E-state index is 0.254. The molecule has 0 amide bonds.